The van der Waals surface area contributed by atoms with Crippen molar-refractivity contribution >= 4 is 23.1 Å². The highest BCUT2D eigenvalue weighted by Crippen LogP contribution is 2.26. The van der Waals surface area contributed by atoms with Crippen LogP contribution in [0.15, 0.2) is 18.2 Å². The quantitative estimate of drug-likeness (QED) is 0.613. The number of benzene rings is 1. The molecule has 0 radical (unpaired) electrons. The van der Waals surface area contributed by atoms with E-state index in [0.717, 1.165) is 25.2 Å². The second-order valence-corrected chi connectivity index (χ2v) is 5.07. The number of nitrogen functional groups attached to an aromatic ring is 1. The SMILES string of the molecule is CN(C)CCCN(C)c1ccc(C(=N)N)cc1Cl. The molecule has 1 rings (SSSR count). The van der Waals surface area contributed by atoms with Gasteiger partial charge >= 0.3 is 0 Å². The van der Waals surface area contributed by atoms with Crippen LogP contribution in [0.4, 0.5) is 5.69 Å². The monoisotopic (exact) mass is 268 g/mol. The molecule has 0 spiro atoms. The van der Waals surface area contributed by atoms with Crippen molar-refractivity contribution in [1.82, 2.24) is 4.90 Å². The van der Waals surface area contributed by atoms with Crippen molar-refractivity contribution in [2.24, 2.45) is 5.73 Å². The van der Waals surface area contributed by atoms with Crippen molar-refractivity contribution in [3.63, 3.8) is 0 Å². The van der Waals surface area contributed by atoms with Gasteiger partial charge in [-0.1, -0.05) is 11.6 Å². The standard InChI is InChI=1S/C13H21ClN4/c1-17(2)7-4-8-18(3)12-6-5-10(13(15)16)9-11(12)14/h5-6,9H,4,7-8H2,1-3H3,(H3,15,16). The van der Waals surface area contributed by atoms with Crippen LogP contribution in [0.3, 0.4) is 0 Å². The zero-order valence-corrected chi connectivity index (χ0v) is 12.0. The van der Waals surface area contributed by atoms with E-state index in [-0.39, 0.29) is 5.84 Å². The van der Waals surface area contributed by atoms with Gasteiger partial charge in [-0.25, -0.2) is 0 Å². The molecule has 3 N–H and O–H groups in total. The number of hydrogen-bond acceptors (Lipinski definition) is 3. The van der Waals surface area contributed by atoms with Crippen molar-refractivity contribution in [1.29, 1.82) is 5.41 Å². The number of amidine groups is 1. The van der Waals surface area contributed by atoms with Gasteiger partial charge in [0.25, 0.3) is 0 Å². The van der Waals surface area contributed by atoms with Gasteiger partial charge in [-0.3, -0.25) is 5.41 Å². The second-order valence-electron chi connectivity index (χ2n) is 4.66. The first-order chi connectivity index (χ1) is 8.41. The highest BCUT2D eigenvalue weighted by Gasteiger charge is 2.08. The molecule has 0 saturated heterocycles. The van der Waals surface area contributed by atoms with Crippen molar-refractivity contribution in [3.05, 3.63) is 28.8 Å². The Morgan fingerprint density at radius 1 is 1.28 bits per heavy atom. The molecule has 0 fully saturated rings. The summed E-state index contributed by atoms with van der Waals surface area (Å²) in [6.07, 6.45) is 1.08. The summed E-state index contributed by atoms with van der Waals surface area (Å²) in [5, 5.41) is 8.00. The second kappa shape index (κ2) is 6.61. The molecule has 0 amide bonds. The third-order valence-corrected chi connectivity index (χ3v) is 3.07. The number of nitrogens with two attached hydrogens (primary N) is 1. The lowest BCUT2D eigenvalue weighted by atomic mass is 10.2. The molecule has 0 unspecified atom stereocenters. The van der Waals surface area contributed by atoms with E-state index in [1.165, 1.54) is 0 Å². The average Bonchev–Trinajstić information content (AvgIpc) is 2.27. The normalized spacial score (nSPS) is 10.7. The largest absolute Gasteiger partial charge is 0.384 e. The number of nitrogens with zero attached hydrogens (tertiary/aromatic N) is 2. The minimum absolute atomic E-state index is 0.0405. The fourth-order valence-corrected chi connectivity index (χ4v) is 2.05. The van der Waals surface area contributed by atoms with Crippen LogP contribution in [0, 0.1) is 5.41 Å². The van der Waals surface area contributed by atoms with Crippen molar-refractivity contribution in [3.8, 4) is 0 Å². The predicted octanol–water partition coefficient (Wildman–Crippen LogP) is 2.01. The van der Waals surface area contributed by atoms with Gasteiger partial charge in [-0.15, -0.1) is 0 Å². The van der Waals surface area contributed by atoms with E-state index in [4.69, 9.17) is 22.7 Å². The summed E-state index contributed by atoms with van der Waals surface area (Å²) in [4.78, 5) is 4.28. The van der Waals surface area contributed by atoms with Gasteiger partial charge in [-0.2, -0.15) is 0 Å². The predicted molar refractivity (Wildman–Crippen MR) is 78.9 cm³/mol. The summed E-state index contributed by atoms with van der Waals surface area (Å²) in [6.45, 7) is 1.99. The molecule has 0 aliphatic carbocycles. The van der Waals surface area contributed by atoms with Crippen LogP contribution >= 0.6 is 11.6 Å². The Bertz CT molecular complexity index is 417. The first kappa shape index (κ1) is 14.8. The minimum atomic E-state index is 0.0405. The lowest BCUT2D eigenvalue weighted by molar-refractivity contribution is 0.401. The summed E-state index contributed by atoms with van der Waals surface area (Å²) >= 11 is 6.21. The lowest BCUT2D eigenvalue weighted by Gasteiger charge is -2.22. The van der Waals surface area contributed by atoms with E-state index >= 15 is 0 Å². The Hall–Kier alpha value is -1.26. The lowest BCUT2D eigenvalue weighted by Crippen LogP contribution is -2.23. The zero-order chi connectivity index (χ0) is 13.7. The molecule has 5 heteroatoms. The maximum absolute atomic E-state index is 7.37. The molecule has 100 valence electrons. The van der Waals surface area contributed by atoms with Gasteiger partial charge in [0.05, 0.1) is 10.7 Å². The topological polar surface area (TPSA) is 56.4 Å². The molecule has 0 atom stereocenters. The number of hydrogen-bond donors (Lipinski definition) is 2. The van der Waals surface area contributed by atoms with E-state index in [2.05, 4.69) is 23.9 Å². The van der Waals surface area contributed by atoms with E-state index in [9.17, 15) is 0 Å². The molecule has 0 aromatic heterocycles. The Morgan fingerprint density at radius 3 is 2.44 bits per heavy atom. The molecule has 4 nitrogen and oxygen atoms in total. The van der Waals surface area contributed by atoms with Crippen LogP contribution in [0.25, 0.3) is 0 Å². The Kier molecular flexibility index (Phi) is 5.44. The fraction of sp³-hybridized carbons (Fsp3) is 0.462. The molecule has 0 aliphatic rings. The first-order valence-electron chi connectivity index (χ1n) is 5.91. The summed E-state index contributed by atoms with van der Waals surface area (Å²) in [7, 11) is 6.15. The van der Waals surface area contributed by atoms with Crippen LogP contribution < -0.4 is 10.6 Å². The van der Waals surface area contributed by atoms with E-state index < -0.39 is 0 Å². The molecule has 0 heterocycles. The molecular formula is C13H21ClN4. The van der Waals surface area contributed by atoms with E-state index in [1.54, 1.807) is 6.07 Å². The maximum Gasteiger partial charge on any atom is 0.122 e. The van der Waals surface area contributed by atoms with Crippen LogP contribution in [0.2, 0.25) is 5.02 Å². The highest BCUT2D eigenvalue weighted by atomic mass is 35.5. The van der Waals surface area contributed by atoms with Crippen molar-refractivity contribution < 1.29 is 0 Å². The molecule has 1 aromatic carbocycles. The third-order valence-electron chi connectivity index (χ3n) is 2.77. The molecule has 1 aromatic rings. The van der Waals surface area contributed by atoms with Gasteiger partial charge in [0.15, 0.2) is 0 Å². The Balaban J connectivity index is 2.68. The molecule has 18 heavy (non-hydrogen) atoms. The van der Waals surface area contributed by atoms with Crippen LogP contribution in [0.5, 0.6) is 0 Å². The van der Waals surface area contributed by atoms with Gasteiger partial charge < -0.3 is 15.5 Å². The van der Waals surface area contributed by atoms with Gasteiger partial charge in [0.2, 0.25) is 0 Å². The summed E-state index contributed by atoms with van der Waals surface area (Å²) < 4.78 is 0. The van der Waals surface area contributed by atoms with E-state index in [1.807, 2.05) is 19.2 Å². The van der Waals surface area contributed by atoms with Gasteiger partial charge in [0.1, 0.15) is 5.84 Å². The summed E-state index contributed by atoms with van der Waals surface area (Å²) in [5.41, 5.74) is 7.06. The summed E-state index contributed by atoms with van der Waals surface area (Å²) in [5.74, 6) is 0.0405. The molecule has 0 bridgehead atoms. The van der Waals surface area contributed by atoms with E-state index in [0.29, 0.717) is 10.6 Å². The number of halogens is 1. The van der Waals surface area contributed by atoms with Crippen LogP contribution in [-0.4, -0.2) is 45.0 Å². The Labute approximate surface area is 114 Å². The number of nitrogens with one attached hydrogen (secondary N) is 1. The zero-order valence-electron chi connectivity index (χ0n) is 11.2. The van der Waals surface area contributed by atoms with Crippen LogP contribution in [0.1, 0.15) is 12.0 Å². The van der Waals surface area contributed by atoms with Gasteiger partial charge in [-0.05, 0) is 45.3 Å². The number of rotatable bonds is 6. The molecule has 0 aliphatic heterocycles. The fourth-order valence-electron chi connectivity index (χ4n) is 1.73. The van der Waals surface area contributed by atoms with Crippen molar-refractivity contribution in [2.75, 3.05) is 39.1 Å². The Morgan fingerprint density at radius 2 is 1.94 bits per heavy atom. The third kappa shape index (κ3) is 4.20. The number of anilines is 1. The first-order valence-corrected chi connectivity index (χ1v) is 6.29. The molecular weight excluding hydrogens is 248 g/mol. The maximum atomic E-state index is 7.37. The summed E-state index contributed by atoms with van der Waals surface area (Å²) in [6, 6.07) is 5.47. The van der Waals surface area contributed by atoms with Crippen LogP contribution in [-0.2, 0) is 0 Å². The highest BCUT2D eigenvalue weighted by molar-refractivity contribution is 6.33. The average molecular weight is 269 g/mol. The smallest absolute Gasteiger partial charge is 0.122 e. The minimum Gasteiger partial charge on any atom is -0.384 e. The molecule has 0 saturated carbocycles. The van der Waals surface area contributed by atoms with Gasteiger partial charge in [0, 0.05) is 19.2 Å². The van der Waals surface area contributed by atoms with Crippen molar-refractivity contribution in [2.45, 2.75) is 6.42 Å².